The zero-order chi connectivity index (χ0) is 18.0. The van der Waals surface area contributed by atoms with Crippen LogP contribution in [0, 0.1) is 0 Å². The van der Waals surface area contributed by atoms with Crippen molar-refractivity contribution in [2.45, 2.75) is 26.3 Å². The van der Waals surface area contributed by atoms with Gasteiger partial charge in [0.25, 0.3) is 0 Å². The highest BCUT2D eigenvalue weighted by molar-refractivity contribution is 6.84. The molecule has 0 saturated heterocycles. The predicted octanol–water partition coefficient (Wildman–Crippen LogP) is 4.49. The maximum atomic E-state index is 8.54. The Morgan fingerprint density at radius 1 is 0.680 bits per heavy atom. The lowest BCUT2D eigenvalue weighted by molar-refractivity contribution is 0.282. The maximum absolute atomic E-state index is 8.54. The van der Waals surface area contributed by atoms with E-state index in [0.717, 1.165) is 5.56 Å². The van der Waals surface area contributed by atoms with E-state index >= 15 is 0 Å². The molecule has 0 spiro atoms. The van der Waals surface area contributed by atoms with Gasteiger partial charge in [0.15, 0.2) is 0 Å². The van der Waals surface area contributed by atoms with E-state index in [9.17, 15) is 0 Å². The van der Waals surface area contributed by atoms with Gasteiger partial charge in [-0.3, -0.25) is 0 Å². The van der Waals surface area contributed by atoms with E-state index in [4.69, 9.17) is 9.53 Å². The van der Waals surface area contributed by atoms with Gasteiger partial charge in [-0.25, -0.2) is 0 Å². The Kier molecular flexibility index (Phi) is 7.60. The summed E-state index contributed by atoms with van der Waals surface area (Å²) >= 11 is 0. The van der Waals surface area contributed by atoms with Crippen LogP contribution in [0.5, 0.6) is 0 Å². The van der Waals surface area contributed by atoms with Gasteiger partial charge in [-0.05, 0) is 29.4 Å². The predicted molar refractivity (Wildman–Crippen MR) is 107 cm³/mol. The Bertz CT molecular complexity index is 713. The third-order valence-corrected chi connectivity index (χ3v) is 6.53. The van der Waals surface area contributed by atoms with Gasteiger partial charge in [0.1, 0.15) is 0 Å². The second-order valence-corrected chi connectivity index (χ2v) is 10.2. The SMILES string of the molecule is C[Si](C)(OCc1ccccc1)c1ccccc1.OCc1ccccc1. The first kappa shape index (κ1) is 19.1. The molecule has 3 aromatic rings. The lowest BCUT2D eigenvalue weighted by Gasteiger charge is -2.23. The Morgan fingerprint density at radius 2 is 1.12 bits per heavy atom. The summed E-state index contributed by atoms with van der Waals surface area (Å²) in [6.45, 7) is 5.33. The van der Waals surface area contributed by atoms with Crippen molar-refractivity contribution in [1.29, 1.82) is 0 Å². The number of hydrogen-bond acceptors (Lipinski definition) is 2. The van der Waals surface area contributed by atoms with E-state index < -0.39 is 8.32 Å². The molecule has 1 N–H and O–H groups in total. The van der Waals surface area contributed by atoms with Gasteiger partial charge in [0.2, 0.25) is 8.32 Å². The summed E-state index contributed by atoms with van der Waals surface area (Å²) in [7, 11) is -1.76. The van der Waals surface area contributed by atoms with Crippen molar-refractivity contribution in [3.63, 3.8) is 0 Å². The van der Waals surface area contributed by atoms with E-state index in [2.05, 4.69) is 61.6 Å². The van der Waals surface area contributed by atoms with Gasteiger partial charge in [0.05, 0.1) is 13.2 Å². The Balaban J connectivity index is 0.000000236. The minimum absolute atomic E-state index is 0.140. The van der Waals surface area contributed by atoms with E-state index in [-0.39, 0.29) is 6.61 Å². The number of aliphatic hydroxyl groups excluding tert-OH is 1. The molecule has 0 unspecified atom stereocenters. The highest BCUT2D eigenvalue weighted by atomic mass is 28.4. The average Bonchev–Trinajstić information content (AvgIpc) is 2.69. The van der Waals surface area contributed by atoms with E-state index in [1.54, 1.807) is 0 Å². The molecule has 0 fully saturated rings. The summed E-state index contributed by atoms with van der Waals surface area (Å²) < 4.78 is 6.14. The van der Waals surface area contributed by atoms with Crippen molar-refractivity contribution in [1.82, 2.24) is 0 Å². The van der Waals surface area contributed by atoms with Crippen LogP contribution in [0.1, 0.15) is 11.1 Å². The van der Waals surface area contributed by atoms with Gasteiger partial charge >= 0.3 is 0 Å². The first-order valence-electron chi connectivity index (χ1n) is 8.50. The average molecular weight is 351 g/mol. The molecule has 3 aromatic carbocycles. The van der Waals surface area contributed by atoms with Crippen LogP contribution in [0.3, 0.4) is 0 Å². The van der Waals surface area contributed by atoms with Crippen molar-refractivity contribution in [3.8, 4) is 0 Å². The van der Waals surface area contributed by atoms with Crippen LogP contribution >= 0.6 is 0 Å². The topological polar surface area (TPSA) is 29.5 Å². The molecular formula is C22H26O2Si. The quantitative estimate of drug-likeness (QED) is 0.687. The fourth-order valence-electron chi connectivity index (χ4n) is 2.34. The molecule has 25 heavy (non-hydrogen) atoms. The zero-order valence-electron chi connectivity index (χ0n) is 14.9. The third kappa shape index (κ3) is 6.67. The molecule has 0 bridgehead atoms. The van der Waals surface area contributed by atoms with Crippen LogP contribution in [0.4, 0.5) is 0 Å². The van der Waals surface area contributed by atoms with Gasteiger partial charge in [-0.2, -0.15) is 0 Å². The molecule has 3 rings (SSSR count). The van der Waals surface area contributed by atoms with Crippen molar-refractivity contribution < 1.29 is 9.53 Å². The van der Waals surface area contributed by atoms with E-state index in [0.29, 0.717) is 6.61 Å². The lowest BCUT2D eigenvalue weighted by atomic mass is 10.2. The van der Waals surface area contributed by atoms with Crippen molar-refractivity contribution in [2.75, 3.05) is 0 Å². The number of hydrogen-bond donors (Lipinski definition) is 1. The van der Waals surface area contributed by atoms with Crippen LogP contribution in [0.25, 0.3) is 0 Å². The highest BCUT2D eigenvalue weighted by Gasteiger charge is 2.24. The highest BCUT2D eigenvalue weighted by Crippen LogP contribution is 2.10. The first-order valence-corrected chi connectivity index (χ1v) is 11.4. The molecule has 0 aliphatic heterocycles. The minimum Gasteiger partial charge on any atom is -0.409 e. The fraction of sp³-hybridized carbons (Fsp3) is 0.182. The molecule has 0 aliphatic rings. The molecule has 0 heterocycles. The smallest absolute Gasteiger partial charge is 0.218 e. The van der Waals surface area contributed by atoms with Crippen LogP contribution < -0.4 is 5.19 Å². The Morgan fingerprint density at radius 3 is 1.56 bits per heavy atom. The summed E-state index contributed by atoms with van der Waals surface area (Å²) in [6.07, 6.45) is 0. The molecule has 0 radical (unpaired) electrons. The second kappa shape index (κ2) is 9.94. The number of benzene rings is 3. The first-order chi connectivity index (χ1) is 12.1. The monoisotopic (exact) mass is 350 g/mol. The molecule has 0 atom stereocenters. The summed E-state index contributed by atoms with van der Waals surface area (Å²) in [5, 5.41) is 9.88. The largest absolute Gasteiger partial charge is 0.409 e. The van der Waals surface area contributed by atoms with E-state index in [1.165, 1.54) is 10.8 Å². The standard InChI is InChI=1S/C15H18OSi.C7H8O/c1-17(2,15-11-7-4-8-12-15)16-13-14-9-5-3-6-10-14;8-6-7-4-2-1-3-5-7/h3-12H,13H2,1-2H3;1-5,8H,6H2. The lowest BCUT2D eigenvalue weighted by Crippen LogP contribution is -2.44. The molecule has 3 heteroatoms. The second-order valence-electron chi connectivity index (χ2n) is 6.29. The van der Waals surface area contributed by atoms with Crippen LogP contribution in [0.15, 0.2) is 91.0 Å². The van der Waals surface area contributed by atoms with Gasteiger partial charge in [-0.1, -0.05) is 91.0 Å². The molecule has 0 aliphatic carbocycles. The summed E-state index contributed by atoms with van der Waals surface area (Å²) in [6, 6.07) is 30.4. The van der Waals surface area contributed by atoms with Crippen molar-refractivity contribution >= 4 is 13.5 Å². The number of rotatable bonds is 5. The molecule has 0 saturated carbocycles. The van der Waals surface area contributed by atoms with Crippen LogP contribution in [0.2, 0.25) is 13.1 Å². The van der Waals surface area contributed by atoms with Gasteiger partial charge in [0, 0.05) is 0 Å². The Labute approximate surface area is 151 Å². The van der Waals surface area contributed by atoms with Crippen molar-refractivity contribution in [2.24, 2.45) is 0 Å². The molecular weight excluding hydrogens is 324 g/mol. The molecule has 130 valence electrons. The normalized spacial score (nSPS) is 10.7. The number of aliphatic hydroxyl groups is 1. The third-order valence-electron chi connectivity index (χ3n) is 3.94. The van der Waals surface area contributed by atoms with Gasteiger partial charge < -0.3 is 9.53 Å². The molecule has 0 amide bonds. The fourth-order valence-corrected chi connectivity index (χ4v) is 4.03. The summed E-state index contributed by atoms with van der Waals surface area (Å²) in [5.41, 5.74) is 2.21. The van der Waals surface area contributed by atoms with Gasteiger partial charge in [-0.15, -0.1) is 0 Å². The van der Waals surface area contributed by atoms with E-state index in [1.807, 2.05) is 42.5 Å². The molecule has 2 nitrogen and oxygen atoms in total. The molecule has 0 aromatic heterocycles. The summed E-state index contributed by atoms with van der Waals surface area (Å²) in [4.78, 5) is 0. The summed E-state index contributed by atoms with van der Waals surface area (Å²) in [5.74, 6) is 0. The van der Waals surface area contributed by atoms with Crippen LogP contribution in [-0.2, 0) is 17.6 Å². The minimum atomic E-state index is -1.76. The zero-order valence-corrected chi connectivity index (χ0v) is 15.9. The maximum Gasteiger partial charge on any atom is 0.218 e. The van der Waals surface area contributed by atoms with Crippen LogP contribution in [-0.4, -0.2) is 13.4 Å². The van der Waals surface area contributed by atoms with Crippen molar-refractivity contribution in [3.05, 3.63) is 102 Å². The Hall–Kier alpha value is -2.20.